The van der Waals surface area contributed by atoms with Crippen molar-refractivity contribution in [3.05, 3.63) is 59.1 Å². The lowest BCUT2D eigenvalue weighted by molar-refractivity contribution is -0.120. The minimum absolute atomic E-state index is 0.0387. The Morgan fingerprint density at radius 1 is 1.25 bits per heavy atom. The van der Waals surface area contributed by atoms with Crippen LogP contribution in [-0.4, -0.2) is 25.3 Å². The zero-order valence-corrected chi connectivity index (χ0v) is 13.0. The summed E-state index contributed by atoms with van der Waals surface area (Å²) < 4.78 is 28.9. The highest BCUT2D eigenvalue weighted by Crippen LogP contribution is 2.18. The Labute approximate surface area is 141 Å². The molecule has 0 atom stereocenters. The van der Waals surface area contributed by atoms with E-state index in [-0.39, 0.29) is 12.4 Å². The molecule has 0 aliphatic carbocycles. The van der Waals surface area contributed by atoms with Gasteiger partial charge in [-0.1, -0.05) is 35.0 Å². The van der Waals surface area contributed by atoms with Crippen LogP contribution in [0.4, 0.5) is 14.5 Å². The lowest BCUT2D eigenvalue weighted by atomic mass is 10.2. The molecular formula is C16H13ClF2N2O3. The number of anilines is 1. The Morgan fingerprint density at radius 2 is 2.04 bits per heavy atom. The van der Waals surface area contributed by atoms with E-state index in [2.05, 4.69) is 15.2 Å². The van der Waals surface area contributed by atoms with Gasteiger partial charge in [0.05, 0.1) is 6.21 Å². The molecule has 126 valence electrons. The molecule has 2 aromatic rings. The third kappa shape index (κ3) is 5.85. The second-order valence-electron chi connectivity index (χ2n) is 4.48. The first-order valence-corrected chi connectivity index (χ1v) is 7.17. The van der Waals surface area contributed by atoms with E-state index in [4.69, 9.17) is 16.4 Å². The summed E-state index contributed by atoms with van der Waals surface area (Å²) in [6, 6.07) is 12.7. The molecule has 2 aromatic carbocycles. The van der Waals surface area contributed by atoms with Crippen molar-refractivity contribution in [3.63, 3.8) is 0 Å². The largest absolute Gasteiger partial charge is 0.434 e. The fourth-order valence-corrected chi connectivity index (χ4v) is 1.93. The monoisotopic (exact) mass is 354 g/mol. The van der Waals surface area contributed by atoms with E-state index in [1.165, 1.54) is 18.3 Å². The average Bonchev–Trinajstić information content (AvgIpc) is 2.52. The third-order valence-corrected chi connectivity index (χ3v) is 2.94. The van der Waals surface area contributed by atoms with Crippen LogP contribution in [0.2, 0.25) is 5.02 Å². The highest BCUT2D eigenvalue weighted by molar-refractivity contribution is 6.30. The van der Waals surface area contributed by atoms with Crippen LogP contribution in [0.15, 0.2) is 53.7 Å². The number of rotatable bonds is 7. The Bertz CT molecular complexity index is 726. The summed E-state index contributed by atoms with van der Waals surface area (Å²) in [6.45, 7) is -3.29. The van der Waals surface area contributed by atoms with Gasteiger partial charge in [0.25, 0.3) is 5.91 Å². The molecule has 0 unspecified atom stereocenters. The maximum atomic E-state index is 12.3. The molecule has 2 rings (SSSR count). The first-order valence-electron chi connectivity index (χ1n) is 6.79. The van der Waals surface area contributed by atoms with E-state index in [0.29, 0.717) is 16.3 Å². The highest BCUT2D eigenvalue weighted by Gasteiger charge is 2.08. The number of amides is 1. The minimum atomic E-state index is -2.94. The Kier molecular flexibility index (Phi) is 6.51. The second kappa shape index (κ2) is 8.83. The number of halogens is 3. The van der Waals surface area contributed by atoms with Crippen molar-refractivity contribution < 1.29 is 23.1 Å². The van der Waals surface area contributed by atoms with E-state index in [1.54, 1.807) is 36.4 Å². The normalized spacial score (nSPS) is 10.8. The smallest absolute Gasteiger partial charge is 0.387 e. The van der Waals surface area contributed by atoms with Crippen LogP contribution < -0.4 is 10.1 Å². The van der Waals surface area contributed by atoms with E-state index in [0.717, 1.165) is 0 Å². The molecule has 0 aliphatic rings. The van der Waals surface area contributed by atoms with Crippen molar-refractivity contribution >= 4 is 29.4 Å². The first-order chi connectivity index (χ1) is 11.5. The third-order valence-electron chi connectivity index (χ3n) is 2.71. The Hall–Kier alpha value is -2.67. The lowest BCUT2D eigenvalue weighted by Gasteiger charge is -2.07. The standard InChI is InChI=1S/C16H13ClF2N2O3/c17-12-5-3-6-13(8-12)21-15(22)10-23-20-9-11-4-1-2-7-14(11)24-16(18)19/h1-9,16H,10H2,(H,21,22)/b20-9+. The summed E-state index contributed by atoms with van der Waals surface area (Å²) in [7, 11) is 0. The lowest BCUT2D eigenvalue weighted by Crippen LogP contribution is -2.16. The van der Waals surface area contributed by atoms with Crippen LogP contribution >= 0.6 is 11.6 Å². The number of carbonyl (C=O) groups excluding carboxylic acids is 1. The minimum Gasteiger partial charge on any atom is -0.434 e. The summed E-state index contributed by atoms with van der Waals surface area (Å²) in [5.74, 6) is -0.477. The molecule has 24 heavy (non-hydrogen) atoms. The van der Waals surface area contributed by atoms with Crippen molar-refractivity contribution in [2.45, 2.75) is 6.61 Å². The van der Waals surface area contributed by atoms with Gasteiger partial charge in [-0.15, -0.1) is 0 Å². The molecule has 0 aliphatic heterocycles. The predicted octanol–water partition coefficient (Wildman–Crippen LogP) is 3.93. The fourth-order valence-electron chi connectivity index (χ4n) is 1.74. The van der Waals surface area contributed by atoms with Crippen LogP contribution in [0.1, 0.15) is 5.56 Å². The van der Waals surface area contributed by atoms with Gasteiger partial charge in [0, 0.05) is 16.3 Å². The summed E-state index contributed by atoms with van der Waals surface area (Å²) >= 11 is 5.80. The van der Waals surface area contributed by atoms with Gasteiger partial charge in [-0.05, 0) is 30.3 Å². The number of nitrogens with one attached hydrogen (secondary N) is 1. The highest BCUT2D eigenvalue weighted by atomic mass is 35.5. The number of carbonyl (C=O) groups is 1. The van der Waals surface area contributed by atoms with Crippen molar-refractivity contribution in [2.75, 3.05) is 11.9 Å². The SMILES string of the molecule is O=C(CO/N=C/c1ccccc1OC(F)F)Nc1cccc(Cl)c1. The van der Waals surface area contributed by atoms with Gasteiger partial charge < -0.3 is 14.9 Å². The Morgan fingerprint density at radius 3 is 2.79 bits per heavy atom. The predicted molar refractivity (Wildman–Crippen MR) is 86.7 cm³/mol. The van der Waals surface area contributed by atoms with Crippen LogP contribution in [0.25, 0.3) is 0 Å². The van der Waals surface area contributed by atoms with Crippen molar-refractivity contribution in [1.29, 1.82) is 0 Å². The number of nitrogens with zero attached hydrogens (tertiary/aromatic N) is 1. The molecule has 0 bridgehead atoms. The molecule has 1 N–H and O–H groups in total. The van der Waals surface area contributed by atoms with Crippen LogP contribution in [0.3, 0.4) is 0 Å². The van der Waals surface area contributed by atoms with Gasteiger partial charge in [0.15, 0.2) is 6.61 Å². The van der Waals surface area contributed by atoms with Gasteiger partial charge in [0.1, 0.15) is 5.75 Å². The second-order valence-corrected chi connectivity index (χ2v) is 4.92. The van der Waals surface area contributed by atoms with Gasteiger partial charge in [-0.2, -0.15) is 8.78 Å². The molecular weight excluding hydrogens is 342 g/mol. The molecule has 0 spiro atoms. The van der Waals surface area contributed by atoms with E-state index < -0.39 is 12.5 Å². The topological polar surface area (TPSA) is 59.9 Å². The van der Waals surface area contributed by atoms with E-state index >= 15 is 0 Å². The van der Waals surface area contributed by atoms with Crippen molar-refractivity contribution in [1.82, 2.24) is 0 Å². The van der Waals surface area contributed by atoms with Gasteiger partial charge in [0.2, 0.25) is 0 Å². The van der Waals surface area contributed by atoms with E-state index in [9.17, 15) is 13.6 Å². The summed E-state index contributed by atoms with van der Waals surface area (Å²) in [6.07, 6.45) is 1.18. The summed E-state index contributed by atoms with van der Waals surface area (Å²) in [5, 5.41) is 6.63. The number of ether oxygens (including phenoxy) is 1. The number of para-hydroxylation sites is 1. The van der Waals surface area contributed by atoms with Crippen LogP contribution in [0.5, 0.6) is 5.75 Å². The number of hydrogen-bond acceptors (Lipinski definition) is 4. The molecule has 0 saturated heterocycles. The summed E-state index contributed by atoms with van der Waals surface area (Å²) in [4.78, 5) is 16.5. The molecule has 8 heteroatoms. The zero-order valence-electron chi connectivity index (χ0n) is 12.3. The van der Waals surface area contributed by atoms with Gasteiger partial charge in [-0.25, -0.2) is 0 Å². The van der Waals surface area contributed by atoms with Gasteiger partial charge >= 0.3 is 6.61 Å². The first kappa shape index (κ1) is 17.7. The number of oxime groups is 1. The quantitative estimate of drug-likeness (QED) is 0.605. The molecule has 0 aromatic heterocycles. The number of benzene rings is 2. The molecule has 0 fully saturated rings. The average molecular weight is 355 g/mol. The molecule has 0 radical (unpaired) electrons. The van der Waals surface area contributed by atoms with Crippen molar-refractivity contribution in [3.8, 4) is 5.75 Å². The molecule has 5 nitrogen and oxygen atoms in total. The van der Waals surface area contributed by atoms with E-state index in [1.807, 2.05) is 0 Å². The van der Waals surface area contributed by atoms with Crippen LogP contribution in [-0.2, 0) is 9.63 Å². The molecule has 0 saturated carbocycles. The molecule has 1 amide bonds. The van der Waals surface area contributed by atoms with Crippen molar-refractivity contribution in [2.24, 2.45) is 5.16 Å². The fraction of sp³-hybridized carbons (Fsp3) is 0.125. The summed E-state index contributed by atoms with van der Waals surface area (Å²) in [5.41, 5.74) is 0.823. The maximum Gasteiger partial charge on any atom is 0.387 e. The van der Waals surface area contributed by atoms with Gasteiger partial charge in [-0.3, -0.25) is 4.79 Å². The zero-order chi connectivity index (χ0) is 17.4. The van der Waals surface area contributed by atoms with Crippen LogP contribution in [0, 0.1) is 0 Å². The molecule has 0 heterocycles. The number of hydrogen-bond donors (Lipinski definition) is 1. The maximum absolute atomic E-state index is 12.3. The number of alkyl halides is 2. The Balaban J connectivity index is 1.85.